The fraction of sp³-hybridized carbons (Fsp3) is 0.238. The molecule has 0 radical (unpaired) electrons. The van der Waals surface area contributed by atoms with Crippen LogP contribution in [0.2, 0.25) is 0 Å². The highest BCUT2D eigenvalue weighted by Crippen LogP contribution is 2.42. The Morgan fingerprint density at radius 3 is 2.59 bits per heavy atom. The van der Waals surface area contributed by atoms with Gasteiger partial charge in [0, 0.05) is 30.4 Å². The van der Waals surface area contributed by atoms with E-state index in [1.165, 1.54) is 23.9 Å². The van der Waals surface area contributed by atoms with Gasteiger partial charge in [-0.05, 0) is 30.3 Å². The van der Waals surface area contributed by atoms with E-state index in [4.69, 9.17) is 9.47 Å². The van der Waals surface area contributed by atoms with Gasteiger partial charge in [0.2, 0.25) is 5.91 Å². The van der Waals surface area contributed by atoms with Gasteiger partial charge in [-0.1, -0.05) is 0 Å². The third kappa shape index (κ3) is 3.84. The Hall–Kier alpha value is -4.02. The molecule has 5 rings (SSSR count). The molecule has 3 aromatic rings. The van der Waals surface area contributed by atoms with E-state index >= 15 is 0 Å². The second kappa shape index (κ2) is 7.59. The van der Waals surface area contributed by atoms with Crippen LogP contribution >= 0.6 is 0 Å². The summed E-state index contributed by atoms with van der Waals surface area (Å²) >= 11 is 0. The van der Waals surface area contributed by atoms with Gasteiger partial charge in [0.25, 0.3) is 0 Å². The minimum absolute atomic E-state index is 0.0185. The van der Waals surface area contributed by atoms with Crippen LogP contribution < -0.4 is 29.6 Å². The molecule has 32 heavy (non-hydrogen) atoms. The SMILES string of the molecule is CNC(=O)Cn1nc(Nc2ccc3c(c2)OC(F)(F)O3)cc1-c1ccc2c(c1)OCCO2. The molecule has 1 aromatic heterocycles. The number of anilines is 2. The molecule has 0 saturated heterocycles. The highest BCUT2D eigenvalue weighted by atomic mass is 19.3. The van der Waals surface area contributed by atoms with Gasteiger partial charge in [-0.25, -0.2) is 0 Å². The van der Waals surface area contributed by atoms with Crippen molar-refractivity contribution in [2.24, 2.45) is 0 Å². The quantitative estimate of drug-likeness (QED) is 0.624. The predicted octanol–water partition coefficient (Wildman–Crippen LogP) is 3.13. The molecule has 0 bridgehead atoms. The van der Waals surface area contributed by atoms with Crippen LogP contribution in [-0.4, -0.2) is 42.2 Å². The lowest BCUT2D eigenvalue weighted by molar-refractivity contribution is -0.286. The Morgan fingerprint density at radius 1 is 1.03 bits per heavy atom. The van der Waals surface area contributed by atoms with Crippen molar-refractivity contribution < 1.29 is 32.5 Å². The molecule has 1 amide bonds. The smallest absolute Gasteiger partial charge is 0.486 e. The summed E-state index contributed by atoms with van der Waals surface area (Å²) in [4.78, 5) is 12.0. The summed E-state index contributed by atoms with van der Waals surface area (Å²) < 4.78 is 48.2. The molecule has 3 heterocycles. The number of ether oxygens (including phenoxy) is 4. The molecule has 166 valence electrons. The number of benzene rings is 2. The number of hydrogen-bond acceptors (Lipinski definition) is 7. The van der Waals surface area contributed by atoms with Gasteiger partial charge in [0.15, 0.2) is 28.8 Å². The van der Waals surface area contributed by atoms with Crippen LogP contribution in [0.15, 0.2) is 42.5 Å². The van der Waals surface area contributed by atoms with E-state index in [0.29, 0.717) is 41.9 Å². The van der Waals surface area contributed by atoms with Crippen molar-refractivity contribution in [3.8, 4) is 34.3 Å². The Labute approximate surface area is 180 Å². The Morgan fingerprint density at radius 2 is 1.78 bits per heavy atom. The molecular formula is C21H18F2N4O5. The number of hydrogen-bond donors (Lipinski definition) is 2. The second-order valence-corrected chi connectivity index (χ2v) is 7.06. The molecule has 2 N–H and O–H groups in total. The van der Waals surface area contributed by atoms with E-state index in [-0.39, 0.29) is 24.0 Å². The van der Waals surface area contributed by atoms with Gasteiger partial charge in [-0.3, -0.25) is 9.48 Å². The largest absolute Gasteiger partial charge is 0.586 e. The summed E-state index contributed by atoms with van der Waals surface area (Å²) in [6, 6.07) is 11.5. The number of carbonyl (C=O) groups is 1. The van der Waals surface area contributed by atoms with Crippen molar-refractivity contribution in [2.75, 3.05) is 25.6 Å². The minimum atomic E-state index is -3.69. The minimum Gasteiger partial charge on any atom is -0.486 e. The van der Waals surface area contributed by atoms with E-state index in [0.717, 1.165) is 5.56 Å². The summed E-state index contributed by atoms with van der Waals surface area (Å²) in [6.45, 7) is 0.912. The number of aromatic nitrogens is 2. The normalized spacial score (nSPS) is 15.3. The Bertz CT molecular complexity index is 1200. The third-order valence-electron chi connectivity index (χ3n) is 4.86. The van der Waals surface area contributed by atoms with E-state index in [1.807, 2.05) is 12.1 Å². The van der Waals surface area contributed by atoms with Crippen molar-refractivity contribution >= 4 is 17.4 Å². The summed E-state index contributed by atoms with van der Waals surface area (Å²) in [5.41, 5.74) is 1.88. The van der Waals surface area contributed by atoms with Crippen molar-refractivity contribution in [1.29, 1.82) is 0 Å². The van der Waals surface area contributed by atoms with Crippen molar-refractivity contribution in [1.82, 2.24) is 15.1 Å². The topological polar surface area (TPSA) is 95.9 Å². The molecule has 0 fully saturated rings. The molecule has 2 aliphatic heterocycles. The first kappa shape index (κ1) is 19.9. The zero-order chi connectivity index (χ0) is 22.3. The van der Waals surface area contributed by atoms with Crippen LogP contribution in [0.25, 0.3) is 11.3 Å². The van der Waals surface area contributed by atoms with Crippen LogP contribution in [0, 0.1) is 0 Å². The van der Waals surface area contributed by atoms with Crippen molar-refractivity contribution in [2.45, 2.75) is 12.8 Å². The number of halogens is 2. The zero-order valence-corrected chi connectivity index (χ0v) is 16.9. The van der Waals surface area contributed by atoms with Gasteiger partial charge < -0.3 is 29.6 Å². The number of fused-ring (bicyclic) bond motifs is 2. The molecule has 0 atom stereocenters. The molecule has 0 unspecified atom stereocenters. The molecule has 0 saturated carbocycles. The van der Waals surface area contributed by atoms with E-state index < -0.39 is 6.29 Å². The van der Waals surface area contributed by atoms with Gasteiger partial charge >= 0.3 is 6.29 Å². The van der Waals surface area contributed by atoms with Crippen LogP contribution in [0.5, 0.6) is 23.0 Å². The average Bonchev–Trinajstić information content (AvgIpc) is 3.31. The summed E-state index contributed by atoms with van der Waals surface area (Å²) in [5.74, 6) is 1.29. The maximum absolute atomic E-state index is 13.3. The molecule has 2 aliphatic rings. The maximum Gasteiger partial charge on any atom is 0.586 e. The second-order valence-electron chi connectivity index (χ2n) is 7.06. The highest BCUT2D eigenvalue weighted by molar-refractivity contribution is 5.77. The first-order chi connectivity index (χ1) is 15.4. The molecule has 2 aromatic carbocycles. The van der Waals surface area contributed by atoms with Crippen molar-refractivity contribution in [3.05, 3.63) is 42.5 Å². The number of nitrogens with zero attached hydrogens (tertiary/aromatic N) is 2. The number of nitrogens with one attached hydrogen (secondary N) is 2. The van der Waals surface area contributed by atoms with E-state index in [2.05, 4.69) is 25.2 Å². The van der Waals surface area contributed by atoms with Gasteiger partial charge in [-0.15, -0.1) is 8.78 Å². The average molecular weight is 444 g/mol. The molecule has 0 spiro atoms. The maximum atomic E-state index is 13.3. The highest BCUT2D eigenvalue weighted by Gasteiger charge is 2.43. The lowest BCUT2D eigenvalue weighted by Crippen LogP contribution is -2.25. The number of carbonyl (C=O) groups excluding carboxylic acids is 1. The lowest BCUT2D eigenvalue weighted by Gasteiger charge is -2.19. The third-order valence-corrected chi connectivity index (χ3v) is 4.86. The van der Waals surface area contributed by atoms with Crippen LogP contribution in [-0.2, 0) is 11.3 Å². The first-order valence-corrected chi connectivity index (χ1v) is 9.75. The molecular weight excluding hydrogens is 426 g/mol. The summed E-state index contributed by atoms with van der Waals surface area (Å²) in [6.07, 6.45) is -3.69. The first-order valence-electron chi connectivity index (χ1n) is 9.75. The predicted molar refractivity (Wildman–Crippen MR) is 109 cm³/mol. The lowest BCUT2D eigenvalue weighted by atomic mass is 10.1. The number of likely N-dealkylation sites (N-methyl/N-ethyl adjacent to an activating group) is 1. The number of rotatable bonds is 5. The summed E-state index contributed by atoms with van der Waals surface area (Å²) in [5, 5.41) is 10.1. The monoisotopic (exact) mass is 444 g/mol. The van der Waals surface area contributed by atoms with Crippen LogP contribution in [0.1, 0.15) is 0 Å². The van der Waals surface area contributed by atoms with Gasteiger partial charge in [-0.2, -0.15) is 5.10 Å². The standard InChI is InChI=1S/C21H18F2N4O5/c1-24-20(28)11-27-14(12-2-4-15-17(8-12)30-7-6-29-15)10-19(26-27)25-13-3-5-16-18(9-13)32-21(22,23)31-16/h2-5,8-10H,6-7,11H2,1H3,(H,24,28)(H,25,26). The van der Waals surface area contributed by atoms with Gasteiger partial charge in [0.05, 0.1) is 5.69 Å². The Kier molecular flexibility index (Phi) is 4.72. The Balaban J connectivity index is 1.46. The number of alkyl halides is 2. The molecule has 11 heteroatoms. The van der Waals surface area contributed by atoms with Crippen LogP contribution in [0.4, 0.5) is 20.3 Å². The van der Waals surface area contributed by atoms with Gasteiger partial charge in [0.1, 0.15) is 19.8 Å². The molecule has 9 nitrogen and oxygen atoms in total. The zero-order valence-electron chi connectivity index (χ0n) is 16.9. The fourth-order valence-corrected chi connectivity index (χ4v) is 3.42. The molecule has 0 aliphatic carbocycles. The fourth-order valence-electron chi connectivity index (χ4n) is 3.42. The van der Waals surface area contributed by atoms with E-state index in [1.54, 1.807) is 18.2 Å². The van der Waals surface area contributed by atoms with Crippen LogP contribution in [0.3, 0.4) is 0 Å². The van der Waals surface area contributed by atoms with Crippen molar-refractivity contribution in [3.63, 3.8) is 0 Å². The summed E-state index contributed by atoms with van der Waals surface area (Å²) in [7, 11) is 1.54. The number of amides is 1. The van der Waals surface area contributed by atoms with E-state index in [9.17, 15) is 13.6 Å².